The minimum absolute atomic E-state index is 0.314. The summed E-state index contributed by atoms with van der Waals surface area (Å²) in [6, 6.07) is 0. The number of aryl methyl sites for hydroxylation is 2. The summed E-state index contributed by atoms with van der Waals surface area (Å²) in [5, 5.41) is 8.92. The quantitative estimate of drug-likeness (QED) is 0.359. The Morgan fingerprint density at radius 1 is 1.27 bits per heavy atom. The lowest BCUT2D eigenvalue weighted by Gasteiger charge is -2.08. The van der Waals surface area contributed by atoms with Gasteiger partial charge in [-0.3, -0.25) is 13.9 Å². The first-order valence-electron chi connectivity index (χ1n) is 8.43. The molecule has 3 aromatic rings. The number of nitrogens with zero attached hydrogens (tertiary/aromatic N) is 7. The third-order valence-electron chi connectivity index (χ3n) is 4.59. The van der Waals surface area contributed by atoms with Crippen molar-refractivity contribution in [3.8, 4) is 0 Å². The van der Waals surface area contributed by atoms with E-state index in [2.05, 4.69) is 15.2 Å². The zero-order chi connectivity index (χ0) is 18.4. The standard InChI is InChI=1S/C15H20N8O2S/c1-20-8-17-12-10(20)13(24)22(15(25)21(12)2)6-3-7-26-14-19-18-11(23(14)16)9-4-5-9/h8-9H,3-7,16H2,1-2H3. The van der Waals surface area contributed by atoms with E-state index in [1.54, 1.807) is 23.3 Å². The van der Waals surface area contributed by atoms with Crippen molar-refractivity contribution in [3.05, 3.63) is 33.0 Å². The van der Waals surface area contributed by atoms with Gasteiger partial charge < -0.3 is 10.4 Å². The molecule has 0 atom stereocenters. The fourth-order valence-corrected chi connectivity index (χ4v) is 3.77. The fraction of sp³-hybridized carbons (Fsp3) is 0.533. The lowest BCUT2D eigenvalue weighted by atomic mass is 10.4. The maximum atomic E-state index is 12.6. The van der Waals surface area contributed by atoms with Gasteiger partial charge in [0.1, 0.15) is 0 Å². The van der Waals surface area contributed by atoms with Crippen LogP contribution in [-0.4, -0.2) is 39.3 Å². The molecule has 0 bridgehead atoms. The van der Waals surface area contributed by atoms with Gasteiger partial charge in [-0.2, -0.15) is 0 Å². The van der Waals surface area contributed by atoms with Crippen molar-refractivity contribution in [2.24, 2.45) is 14.1 Å². The number of rotatable bonds is 6. The van der Waals surface area contributed by atoms with E-state index in [0.29, 0.717) is 41.0 Å². The summed E-state index contributed by atoms with van der Waals surface area (Å²) in [6.45, 7) is 0.327. The monoisotopic (exact) mass is 376 g/mol. The van der Waals surface area contributed by atoms with E-state index in [4.69, 9.17) is 5.84 Å². The average Bonchev–Trinajstić information content (AvgIpc) is 3.29. The molecule has 0 aromatic carbocycles. The minimum atomic E-state index is -0.357. The molecule has 1 aliphatic rings. The van der Waals surface area contributed by atoms with Crippen LogP contribution in [0, 0.1) is 0 Å². The molecule has 0 amide bonds. The number of fused-ring (bicyclic) bond motifs is 1. The van der Waals surface area contributed by atoms with Gasteiger partial charge in [-0.05, 0) is 19.3 Å². The third kappa shape index (κ3) is 2.71. The number of hydrogen-bond donors (Lipinski definition) is 1. The maximum absolute atomic E-state index is 12.6. The molecule has 1 fully saturated rings. The fourth-order valence-electron chi connectivity index (χ4n) is 2.99. The lowest BCUT2D eigenvalue weighted by Crippen LogP contribution is -2.39. The molecule has 0 spiro atoms. The lowest BCUT2D eigenvalue weighted by molar-refractivity contribution is 0.594. The van der Waals surface area contributed by atoms with Crippen molar-refractivity contribution in [3.63, 3.8) is 0 Å². The number of aromatic nitrogens is 7. The number of nitrogens with two attached hydrogens (primary N) is 1. The van der Waals surface area contributed by atoms with Crippen LogP contribution in [0.5, 0.6) is 0 Å². The van der Waals surface area contributed by atoms with Gasteiger partial charge in [0.05, 0.1) is 6.33 Å². The molecular weight excluding hydrogens is 356 g/mol. The Morgan fingerprint density at radius 2 is 2.04 bits per heavy atom. The molecule has 10 nitrogen and oxygen atoms in total. The number of thioether (sulfide) groups is 1. The zero-order valence-corrected chi connectivity index (χ0v) is 15.4. The van der Waals surface area contributed by atoms with E-state index in [1.165, 1.54) is 27.2 Å². The third-order valence-corrected chi connectivity index (χ3v) is 5.62. The Labute approximate surface area is 152 Å². The van der Waals surface area contributed by atoms with Gasteiger partial charge in [0.2, 0.25) is 5.16 Å². The average molecular weight is 376 g/mol. The molecule has 11 heteroatoms. The molecule has 26 heavy (non-hydrogen) atoms. The Morgan fingerprint density at radius 3 is 2.77 bits per heavy atom. The van der Waals surface area contributed by atoms with Crippen molar-refractivity contribution < 1.29 is 0 Å². The van der Waals surface area contributed by atoms with Crippen LogP contribution in [0.1, 0.15) is 31.0 Å². The number of nitrogen functional groups attached to an aromatic ring is 1. The molecule has 0 aliphatic heterocycles. The Hall–Kier alpha value is -2.56. The maximum Gasteiger partial charge on any atom is 0.332 e. The topological polar surface area (TPSA) is 119 Å². The molecule has 0 unspecified atom stereocenters. The van der Waals surface area contributed by atoms with Gasteiger partial charge in [0.15, 0.2) is 17.0 Å². The van der Waals surface area contributed by atoms with Gasteiger partial charge in [0.25, 0.3) is 5.56 Å². The summed E-state index contributed by atoms with van der Waals surface area (Å²) in [5.74, 6) is 7.98. The second-order valence-corrected chi connectivity index (χ2v) is 7.58. The van der Waals surface area contributed by atoms with E-state index in [9.17, 15) is 9.59 Å². The SMILES string of the molecule is Cn1cnc2c1c(=O)n(CCCSc1nnc(C3CC3)n1N)c(=O)n2C. The Bertz CT molecular complexity index is 1090. The summed E-state index contributed by atoms with van der Waals surface area (Å²) >= 11 is 1.48. The molecule has 2 N–H and O–H groups in total. The van der Waals surface area contributed by atoms with Gasteiger partial charge in [-0.1, -0.05) is 11.8 Å². The van der Waals surface area contributed by atoms with Crippen molar-refractivity contribution in [2.75, 3.05) is 11.6 Å². The molecule has 0 radical (unpaired) electrons. The summed E-state index contributed by atoms with van der Waals surface area (Å²) < 4.78 is 5.85. The van der Waals surface area contributed by atoms with Crippen LogP contribution in [0.4, 0.5) is 0 Å². The van der Waals surface area contributed by atoms with E-state index < -0.39 is 0 Å². The Kier molecular flexibility index (Phi) is 4.10. The molecular formula is C15H20N8O2S. The predicted octanol–water partition coefficient (Wildman–Crippen LogP) is -0.201. The molecule has 138 valence electrons. The van der Waals surface area contributed by atoms with Crippen LogP contribution >= 0.6 is 11.8 Å². The van der Waals surface area contributed by atoms with Crippen LogP contribution in [0.15, 0.2) is 21.1 Å². The van der Waals surface area contributed by atoms with E-state index >= 15 is 0 Å². The second kappa shape index (κ2) is 6.31. The van der Waals surface area contributed by atoms with Crippen molar-refractivity contribution in [1.82, 2.24) is 33.6 Å². The Balaban J connectivity index is 1.47. The van der Waals surface area contributed by atoms with E-state index in [-0.39, 0.29) is 11.2 Å². The highest BCUT2D eigenvalue weighted by Crippen LogP contribution is 2.39. The van der Waals surface area contributed by atoms with Crippen LogP contribution in [0.3, 0.4) is 0 Å². The minimum Gasteiger partial charge on any atom is -0.336 e. The van der Waals surface area contributed by atoms with Gasteiger partial charge in [-0.25, -0.2) is 14.5 Å². The zero-order valence-electron chi connectivity index (χ0n) is 14.6. The van der Waals surface area contributed by atoms with Crippen LogP contribution in [0.25, 0.3) is 11.2 Å². The van der Waals surface area contributed by atoms with Gasteiger partial charge in [-0.15, -0.1) is 10.2 Å². The summed E-state index contributed by atoms with van der Waals surface area (Å²) in [4.78, 5) is 29.2. The first-order chi connectivity index (χ1) is 12.5. The van der Waals surface area contributed by atoms with Crippen molar-refractivity contribution >= 4 is 22.9 Å². The van der Waals surface area contributed by atoms with Crippen LogP contribution in [-0.2, 0) is 20.6 Å². The summed E-state index contributed by atoms with van der Waals surface area (Å²) in [7, 11) is 3.37. The predicted molar refractivity (Wildman–Crippen MR) is 97.7 cm³/mol. The largest absolute Gasteiger partial charge is 0.336 e. The summed E-state index contributed by atoms with van der Waals surface area (Å²) in [5.41, 5.74) is 0.155. The van der Waals surface area contributed by atoms with Gasteiger partial charge >= 0.3 is 5.69 Å². The number of imidazole rings is 1. The molecule has 3 aromatic heterocycles. The van der Waals surface area contributed by atoms with Gasteiger partial charge in [0, 0.05) is 32.3 Å². The first kappa shape index (κ1) is 16.9. The highest BCUT2D eigenvalue weighted by atomic mass is 32.2. The van der Waals surface area contributed by atoms with Crippen LogP contribution < -0.4 is 17.1 Å². The van der Waals surface area contributed by atoms with E-state index in [1.807, 2.05) is 0 Å². The number of hydrogen-bond acceptors (Lipinski definition) is 7. The first-order valence-corrected chi connectivity index (χ1v) is 9.41. The molecule has 1 aliphatic carbocycles. The molecule has 3 heterocycles. The normalized spacial score (nSPS) is 14.4. The second-order valence-electron chi connectivity index (χ2n) is 6.51. The summed E-state index contributed by atoms with van der Waals surface area (Å²) in [6.07, 6.45) is 4.40. The molecule has 1 saturated carbocycles. The molecule has 4 rings (SSSR count). The van der Waals surface area contributed by atoms with Crippen molar-refractivity contribution in [1.29, 1.82) is 0 Å². The smallest absolute Gasteiger partial charge is 0.332 e. The highest BCUT2D eigenvalue weighted by Gasteiger charge is 2.29. The van der Waals surface area contributed by atoms with Crippen molar-refractivity contribution in [2.45, 2.75) is 36.9 Å². The van der Waals surface area contributed by atoms with E-state index in [0.717, 1.165) is 18.7 Å². The molecule has 0 saturated heterocycles. The van der Waals surface area contributed by atoms with Crippen LogP contribution in [0.2, 0.25) is 0 Å². The highest BCUT2D eigenvalue weighted by molar-refractivity contribution is 7.99.